The van der Waals surface area contributed by atoms with Crippen molar-refractivity contribution >= 4 is 47.3 Å². The van der Waals surface area contributed by atoms with Gasteiger partial charge in [-0.2, -0.15) is 5.10 Å². The Morgan fingerprint density at radius 1 is 1.08 bits per heavy atom. The number of nitrogens with zero attached hydrogens (tertiary/aromatic N) is 1. The summed E-state index contributed by atoms with van der Waals surface area (Å²) >= 11 is 11.7. The van der Waals surface area contributed by atoms with Crippen molar-refractivity contribution in [3.8, 4) is 0 Å². The predicted octanol–water partition coefficient (Wildman–Crippen LogP) is 3.54. The minimum atomic E-state index is -0.468. The van der Waals surface area contributed by atoms with Crippen LogP contribution in [0.5, 0.6) is 0 Å². The lowest BCUT2D eigenvalue weighted by Crippen LogP contribution is -2.35. The van der Waals surface area contributed by atoms with Crippen LogP contribution in [-0.2, 0) is 4.79 Å². The van der Waals surface area contributed by atoms with E-state index in [1.807, 2.05) is 36.4 Å². The number of carbonyl (C=O) groups is 2. The standard InChI is InChI=1S/C18H15Cl2N3O2/c19-14-8-9-15(16(20)11-14)18(25)21-12-17(24)23-22-10-4-7-13-5-2-1-3-6-13/h1-11H,12H2,(H,21,25)(H,23,24). The van der Waals surface area contributed by atoms with Gasteiger partial charge in [0.2, 0.25) is 0 Å². The summed E-state index contributed by atoms with van der Waals surface area (Å²) in [5.74, 6) is -0.924. The first-order valence-electron chi connectivity index (χ1n) is 7.33. The average Bonchev–Trinajstić information content (AvgIpc) is 2.60. The molecule has 7 heteroatoms. The van der Waals surface area contributed by atoms with Gasteiger partial charge in [0.15, 0.2) is 0 Å². The molecule has 25 heavy (non-hydrogen) atoms. The maximum Gasteiger partial charge on any atom is 0.259 e. The van der Waals surface area contributed by atoms with Crippen LogP contribution in [-0.4, -0.2) is 24.6 Å². The van der Waals surface area contributed by atoms with Crippen molar-refractivity contribution in [3.63, 3.8) is 0 Å². The highest BCUT2D eigenvalue weighted by Crippen LogP contribution is 2.20. The van der Waals surface area contributed by atoms with Crippen LogP contribution >= 0.6 is 23.2 Å². The Hall–Kier alpha value is -2.63. The molecule has 128 valence electrons. The highest BCUT2D eigenvalue weighted by atomic mass is 35.5. The van der Waals surface area contributed by atoms with Gasteiger partial charge in [-0.05, 0) is 29.8 Å². The predicted molar refractivity (Wildman–Crippen MR) is 101 cm³/mol. The molecule has 0 saturated heterocycles. The third-order valence-electron chi connectivity index (χ3n) is 3.02. The first-order chi connectivity index (χ1) is 12.1. The fraction of sp³-hybridized carbons (Fsp3) is 0.0556. The first kappa shape index (κ1) is 18.7. The van der Waals surface area contributed by atoms with Crippen LogP contribution in [0.15, 0.2) is 59.7 Å². The molecular formula is C18H15Cl2N3O2. The van der Waals surface area contributed by atoms with E-state index in [4.69, 9.17) is 23.2 Å². The highest BCUT2D eigenvalue weighted by Gasteiger charge is 2.11. The summed E-state index contributed by atoms with van der Waals surface area (Å²) < 4.78 is 0. The molecule has 0 aliphatic heterocycles. The van der Waals surface area contributed by atoms with E-state index < -0.39 is 11.8 Å². The Kier molecular flexibility index (Phi) is 7.19. The molecule has 0 fully saturated rings. The molecule has 0 aliphatic rings. The van der Waals surface area contributed by atoms with Crippen molar-refractivity contribution < 1.29 is 9.59 Å². The van der Waals surface area contributed by atoms with Gasteiger partial charge in [-0.15, -0.1) is 0 Å². The Morgan fingerprint density at radius 2 is 1.84 bits per heavy atom. The largest absolute Gasteiger partial charge is 0.343 e. The van der Waals surface area contributed by atoms with E-state index in [2.05, 4.69) is 15.8 Å². The number of benzene rings is 2. The van der Waals surface area contributed by atoms with Crippen LogP contribution in [0.1, 0.15) is 15.9 Å². The molecule has 2 rings (SSSR count). The number of halogens is 2. The maximum atomic E-state index is 11.9. The van der Waals surface area contributed by atoms with E-state index in [0.717, 1.165) is 5.56 Å². The van der Waals surface area contributed by atoms with Gasteiger partial charge in [0, 0.05) is 11.2 Å². The highest BCUT2D eigenvalue weighted by molar-refractivity contribution is 6.36. The zero-order chi connectivity index (χ0) is 18.1. The molecular weight excluding hydrogens is 361 g/mol. The van der Waals surface area contributed by atoms with E-state index in [9.17, 15) is 9.59 Å². The number of hydrazone groups is 1. The number of nitrogens with one attached hydrogen (secondary N) is 2. The second-order valence-electron chi connectivity index (χ2n) is 4.89. The SMILES string of the molecule is O=C(CNC(=O)c1ccc(Cl)cc1Cl)NN=CC=Cc1ccccc1. The van der Waals surface area contributed by atoms with Crippen LogP contribution in [0.25, 0.3) is 6.08 Å². The molecule has 0 atom stereocenters. The van der Waals surface area contributed by atoms with Gasteiger partial charge in [0.1, 0.15) is 0 Å². The van der Waals surface area contributed by atoms with Crippen molar-refractivity contribution in [2.45, 2.75) is 0 Å². The van der Waals surface area contributed by atoms with Crippen LogP contribution in [0.4, 0.5) is 0 Å². The van der Waals surface area contributed by atoms with Gasteiger partial charge in [-0.1, -0.05) is 59.6 Å². The van der Waals surface area contributed by atoms with E-state index in [0.29, 0.717) is 5.02 Å². The van der Waals surface area contributed by atoms with Crippen molar-refractivity contribution in [3.05, 3.63) is 75.8 Å². The monoisotopic (exact) mass is 375 g/mol. The van der Waals surface area contributed by atoms with Crippen molar-refractivity contribution in [1.82, 2.24) is 10.7 Å². The molecule has 2 N–H and O–H groups in total. The van der Waals surface area contributed by atoms with Gasteiger partial charge in [-0.3, -0.25) is 9.59 Å². The molecule has 0 radical (unpaired) electrons. The van der Waals surface area contributed by atoms with Crippen molar-refractivity contribution in [1.29, 1.82) is 0 Å². The minimum absolute atomic E-state index is 0.217. The Bertz CT molecular complexity index is 805. The first-order valence-corrected chi connectivity index (χ1v) is 8.09. The van der Waals surface area contributed by atoms with E-state index in [1.54, 1.807) is 12.1 Å². The van der Waals surface area contributed by atoms with Crippen molar-refractivity contribution in [2.75, 3.05) is 6.54 Å². The molecule has 0 aliphatic carbocycles. The molecule has 0 bridgehead atoms. The summed E-state index contributed by atoms with van der Waals surface area (Å²) in [6.45, 7) is -0.225. The number of rotatable bonds is 6. The topological polar surface area (TPSA) is 70.6 Å². The van der Waals surface area contributed by atoms with E-state index in [-0.39, 0.29) is 17.1 Å². The minimum Gasteiger partial charge on any atom is -0.343 e. The summed E-state index contributed by atoms with van der Waals surface area (Å²) in [6, 6.07) is 14.2. The molecule has 2 amide bonds. The molecule has 0 heterocycles. The molecule has 2 aromatic rings. The number of amides is 2. The Labute approximate surface area is 155 Å². The average molecular weight is 376 g/mol. The van der Waals surface area contributed by atoms with Gasteiger partial charge >= 0.3 is 0 Å². The smallest absolute Gasteiger partial charge is 0.259 e. The second kappa shape index (κ2) is 9.61. The fourth-order valence-electron chi connectivity index (χ4n) is 1.84. The molecule has 0 unspecified atom stereocenters. The lowest BCUT2D eigenvalue weighted by Gasteiger charge is -2.06. The van der Waals surface area contributed by atoms with E-state index in [1.165, 1.54) is 18.3 Å². The normalized spacial score (nSPS) is 11.0. The zero-order valence-corrected chi connectivity index (χ0v) is 14.6. The van der Waals surface area contributed by atoms with Gasteiger partial charge in [0.25, 0.3) is 11.8 Å². The molecule has 0 saturated carbocycles. The summed E-state index contributed by atoms with van der Waals surface area (Å²) in [4.78, 5) is 23.6. The summed E-state index contributed by atoms with van der Waals surface area (Å²) in [5.41, 5.74) is 3.57. The number of carbonyl (C=O) groups excluding carboxylic acids is 2. The Balaban J connectivity index is 1.76. The lowest BCUT2D eigenvalue weighted by atomic mass is 10.2. The van der Waals surface area contributed by atoms with Crippen LogP contribution < -0.4 is 10.7 Å². The second-order valence-corrected chi connectivity index (χ2v) is 5.73. The van der Waals surface area contributed by atoms with Crippen LogP contribution in [0, 0.1) is 0 Å². The maximum absolute atomic E-state index is 11.9. The third kappa shape index (κ3) is 6.41. The summed E-state index contributed by atoms with van der Waals surface area (Å²) in [7, 11) is 0. The lowest BCUT2D eigenvalue weighted by molar-refractivity contribution is -0.120. The quantitative estimate of drug-likeness (QED) is 0.598. The van der Waals surface area contributed by atoms with Crippen LogP contribution in [0.2, 0.25) is 10.0 Å². The molecule has 5 nitrogen and oxygen atoms in total. The number of allylic oxidation sites excluding steroid dienone is 1. The molecule has 2 aromatic carbocycles. The summed E-state index contributed by atoms with van der Waals surface area (Å²) in [6.07, 6.45) is 4.99. The van der Waals surface area contributed by atoms with Gasteiger partial charge in [0.05, 0.1) is 17.1 Å². The van der Waals surface area contributed by atoms with Gasteiger partial charge in [-0.25, -0.2) is 5.43 Å². The van der Waals surface area contributed by atoms with Crippen LogP contribution in [0.3, 0.4) is 0 Å². The number of hydrogen-bond donors (Lipinski definition) is 2. The molecule has 0 aromatic heterocycles. The van der Waals surface area contributed by atoms with E-state index >= 15 is 0 Å². The number of hydrogen-bond acceptors (Lipinski definition) is 3. The molecule has 0 spiro atoms. The Morgan fingerprint density at radius 3 is 2.56 bits per heavy atom. The fourth-order valence-corrected chi connectivity index (χ4v) is 2.33. The third-order valence-corrected chi connectivity index (χ3v) is 3.57. The zero-order valence-electron chi connectivity index (χ0n) is 13.1. The van der Waals surface area contributed by atoms with Crippen molar-refractivity contribution in [2.24, 2.45) is 5.10 Å². The summed E-state index contributed by atoms with van der Waals surface area (Å²) in [5, 5.41) is 6.86. The van der Waals surface area contributed by atoms with Gasteiger partial charge < -0.3 is 5.32 Å².